The van der Waals surface area contributed by atoms with Crippen molar-refractivity contribution < 1.29 is 19.4 Å². The summed E-state index contributed by atoms with van der Waals surface area (Å²) in [5.74, 6) is -0.382. The lowest BCUT2D eigenvalue weighted by Gasteiger charge is -2.14. The van der Waals surface area contributed by atoms with Gasteiger partial charge in [-0.2, -0.15) is 0 Å². The molecule has 0 aromatic carbocycles. The highest BCUT2D eigenvalue weighted by atomic mass is 16.5. The first-order chi connectivity index (χ1) is 7.60. The summed E-state index contributed by atoms with van der Waals surface area (Å²) in [5, 5.41) is 11.3. The molecular formula is C10H20N2O4. The zero-order valence-electron chi connectivity index (χ0n) is 9.86. The van der Waals surface area contributed by atoms with E-state index in [2.05, 4.69) is 10.1 Å². The monoisotopic (exact) mass is 232 g/mol. The first-order valence-corrected chi connectivity index (χ1v) is 5.23. The fourth-order valence-corrected chi connectivity index (χ4v) is 1.11. The van der Waals surface area contributed by atoms with E-state index >= 15 is 0 Å². The van der Waals surface area contributed by atoms with Crippen molar-refractivity contribution in [2.45, 2.75) is 12.8 Å². The minimum Gasteiger partial charge on any atom is -0.469 e. The first kappa shape index (κ1) is 14.9. The maximum atomic E-state index is 11.3. The van der Waals surface area contributed by atoms with Gasteiger partial charge >= 0.3 is 5.97 Å². The molecule has 0 atom stereocenters. The number of hydrogen-bond donors (Lipinski definition) is 2. The van der Waals surface area contributed by atoms with Gasteiger partial charge in [0, 0.05) is 19.5 Å². The molecule has 0 saturated heterocycles. The highest BCUT2D eigenvalue weighted by molar-refractivity contribution is 5.78. The number of likely N-dealkylation sites (N-methyl/N-ethyl adjacent to an activating group) is 1. The molecule has 0 saturated carbocycles. The van der Waals surface area contributed by atoms with Crippen molar-refractivity contribution in [2.24, 2.45) is 0 Å². The number of methoxy groups -OCH3 is 1. The molecular weight excluding hydrogens is 212 g/mol. The minimum atomic E-state index is -0.272. The highest BCUT2D eigenvalue weighted by Gasteiger charge is 2.05. The Kier molecular flexibility index (Phi) is 8.46. The Bertz CT molecular complexity index is 221. The topological polar surface area (TPSA) is 78.9 Å². The molecule has 0 radical (unpaired) electrons. The molecule has 0 bridgehead atoms. The third kappa shape index (κ3) is 8.19. The molecule has 0 rings (SSSR count). The van der Waals surface area contributed by atoms with E-state index in [1.54, 1.807) is 11.9 Å². The average molecular weight is 232 g/mol. The molecule has 0 aliphatic rings. The van der Waals surface area contributed by atoms with E-state index in [0.717, 1.165) is 0 Å². The normalized spacial score (nSPS) is 10.2. The number of hydrogen-bond acceptors (Lipinski definition) is 5. The van der Waals surface area contributed by atoms with E-state index in [-0.39, 0.29) is 25.0 Å². The third-order valence-corrected chi connectivity index (χ3v) is 2.00. The molecule has 6 nitrogen and oxygen atoms in total. The summed E-state index contributed by atoms with van der Waals surface area (Å²) in [6.07, 6.45) is 0.880. The number of nitrogens with zero attached hydrogens (tertiary/aromatic N) is 1. The van der Waals surface area contributed by atoms with Crippen LogP contribution in [0, 0.1) is 0 Å². The number of ether oxygens (including phenoxy) is 1. The molecule has 0 heterocycles. The Morgan fingerprint density at radius 1 is 1.44 bits per heavy atom. The minimum absolute atomic E-state index is 0.0338. The maximum Gasteiger partial charge on any atom is 0.305 e. The number of carbonyl (C=O) groups excluding carboxylic acids is 2. The standard InChI is InChI=1S/C10H20N2O4/c1-12(6-7-13)8-9(14)11-5-3-4-10(15)16-2/h13H,3-8H2,1-2H3,(H,11,14). The van der Waals surface area contributed by atoms with Gasteiger partial charge in [-0.3, -0.25) is 14.5 Å². The van der Waals surface area contributed by atoms with Crippen LogP contribution in [0.25, 0.3) is 0 Å². The summed E-state index contributed by atoms with van der Waals surface area (Å²) in [7, 11) is 3.09. The fourth-order valence-electron chi connectivity index (χ4n) is 1.11. The molecule has 0 aliphatic heterocycles. The summed E-state index contributed by atoms with van der Waals surface area (Å²) in [4.78, 5) is 23.8. The van der Waals surface area contributed by atoms with Crippen molar-refractivity contribution in [3.63, 3.8) is 0 Å². The smallest absolute Gasteiger partial charge is 0.305 e. The molecule has 2 N–H and O–H groups in total. The van der Waals surface area contributed by atoms with Gasteiger partial charge in [0.05, 0.1) is 20.3 Å². The van der Waals surface area contributed by atoms with Gasteiger partial charge in [0.1, 0.15) is 0 Å². The summed E-state index contributed by atoms with van der Waals surface area (Å²) in [5.41, 5.74) is 0. The predicted molar refractivity (Wildman–Crippen MR) is 58.8 cm³/mol. The second-order valence-electron chi connectivity index (χ2n) is 3.49. The predicted octanol–water partition coefficient (Wildman–Crippen LogP) is -1.02. The Hall–Kier alpha value is -1.14. The van der Waals surface area contributed by atoms with Crippen LogP contribution in [0.1, 0.15) is 12.8 Å². The Labute approximate surface area is 95.6 Å². The van der Waals surface area contributed by atoms with E-state index in [4.69, 9.17) is 5.11 Å². The Morgan fingerprint density at radius 2 is 2.12 bits per heavy atom. The van der Waals surface area contributed by atoms with Crippen LogP contribution in [0.3, 0.4) is 0 Å². The highest BCUT2D eigenvalue weighted by Crippen LogP contribution is 1.89. The second-order valence-corrected chi connectivity index (χ2v) is 3.49. The van der Waals surface area contributed by atoms with Gasteiger partial charge in [0.15, 0.2) is 0 Å². The van der Waals surface area contributed by atoms with Crippen molar-refractivity contribution in [3.8, 4) is 0 Å². The largest absolute Gasteiger partial charge is 0.469 e. The number of aliphatic hydroxyl groups excluding tert-OH is 1. The quantitative estimate of drug-likeness (QED) is 0.414. The number of amides is 1. The van der Waals surface area contributed by atoms with Crippen molar-refractivity contribution in [1.82, 2.24) is 10.2 Å². The average Bonchev–Trinajstić information content (AvgIpc) is 2.24. The summed E-state index contributed by atoms with van der Waals surface area (Å²) in [6.45, 7) is 1.21. The van der Waals surface area contributed by atoms with Gasteiger partial charge in [-0.25, -0.2) is 0 Å². The summed E-state index contributed by atoms with van der Waals surface area (Å²) < 4.78 is 4.47. The molecule has 0 fully saturated rings. The SMILES string of the molecule is COC(=O)CCCNC(=O)CN(C)CCO. The van der Waals surface area contributed by atoms with Crippen LogP contribution in [0.4, 0.5) is 0 Å². The van der Waals surface area contributed by atoms with Crippen LogP contribution in [0.5, 0.6) is 0 Å². The number of aliphatic hydroxyl groups is 1. The van der Waals surface area contributed by atoms with Gasteiger partial charge in [-0.1, -0.05) is 0 Å². The maximum absolute atomic E-state index is 11.3. The summed E-state index contributed by atoms with van der Waals surface area (Å²) in [6, 6.07) is 0. The molecule has 0 aromatic rings. The number of rotatable bonds is 8. The van der Waals surface area contributed by atoms with Crippen molar-refractivity contribution in [1.29, 1.82) is 0 Å². The molecule has 0 spiro atoms. The van der Waals surface area contributed by atoms with Gasteiger partial charge in [-0.15, -0.1) is 0 Å². The van der Waals surface area contributed by atoms with Crippen LogP contribution in [0.15, 0.2) is 0 Å². The third-order valence-electron chi connectivity index (χ3n) is 2.00. The van der Waals surface area contributed by atoms with Gasteiger partial charge < -0.3 is 15.2 Å². The lowest BCUT2D eigenvalue weighted by Crippen LogP contribution is -2.36. The molecule has 0 aliphatic carbocycles. The fraction of sp³-hybridized carbons (Fsp3) is 0.800. The number of esters is 1. The molecule has 1 amide bonds. The second kappa shape index (κ2) is 9.11. The Morgan fingerprint density at radius 3 is 2.69 bits per heavy atom. The van der Waals surface area contributed by atoms with Crippen molar-refractivity contribution in [3.05, 3.63) is 0 Å². The van der Waals surface area contributed by atoms with E-state index < -0.39 is 0 Å². The van der Waals surface area contributed by atoms with E-state index in [0.29, 0.717) is 25.9 Å². The van der Waals surface area contributed by atoms with E-state index in [9.17, 15) is 9.59 Å². The van der Waals surface area contributed by atoms with Crippen LogP contribution in [0.2, 0.25) is 0 Å². The van der Waals surface area contributed by atoms with Crippen LogP contribution in [-0.4, -0.2) is 62.3 Å². The lowest BCUT2D eigenvalue weighted by atomic mass is 10.3. The first-order valence-electron chi connectivity index (χ1n) is 5.23. The lowest BCUT2D eigenvalue weighted by molar-refractivity contribution is -0.140. The van der Waals surface area contributed by atoms with Crippen molar-refractivity contribution in [2.75, 3.05) is 40.4 Å². The van der Waals surface area contributed by atoms with E-state index in [1.807, 2.05) is 0 Å². The van der Waals surface area contributed by atoms with Crippen LogP contribution in [-0.2, 0) is 14.3 Å². The van der Waals surface area contributed by atoms with Crippen LogP contribution < -0.4 is 5.32 Å². The molecule has 94 valence electrons. The van der Waals surface area contributed by atoms with Gasteiger partial charge in [-0.05, 0) is 13.5 Å². The summed E-state index contributed by atoms with van der Waals surface area (Å²) >= 11 is 0. The zero-order valence-corrected chi connectivity index (χ0v) is 9.86. The zero-order chi connectivity index (χ0) is 12.4. The van der Waals surface area contributed by atoms with Gasteiger partial charge in [0.25, 0.3) is 0 Å². The van der Waals surface area contributed by atoms with Crippen molar-refractivity contribution >= 4 is 11.9 Å². The molecule has 0 unspecified atom stereocenters. The van der Waals surface area contributed by atoms with Gasteiger partial charge in [0.2, 0.25) is 5.91 Å². The number of nitrogens with one attached hydrogen (secondary N) is 1. The van der Waals surface area contributed by atoms with Crippen LogP contribution >= 0.6 is 0 Å². The van der Waals surface area contributed by atoms with E-state index in [1.165, 1.54) is 7.11 Å². The molecule has 6 heteroatoms. The Balaban J connectivity index is 3.47. The molecule has 16 heavy (non-hydrogen) atoms. The molecule has 0 aromatic heterocycles. The number of carbonyl (C=O) groups is 2.